The first-order valence-corrected chi connectivity index (χ1v) is 12.2. The smallest absolute Gasteiger partial charge is 0.261 e. The van der Waals surface area contributed by atoms with Gasteiger partial charge >= 0.3 is 0 Å². The summed E-state index contributed by atoms with van der Waals surface area (Å²) in [4.78, 5) is 42.7. The molecule has 0 bridgehead atoms. The fourth-order valence-corrected chi connectivity index (χ4v) is 4.83. The molecule has 190 valence electrons. The monoisotopic (exact) mass is 516 g/mol. The first kappa shape index (κ1) is 24.1. The lowest BCUT2D eigenvalue weighted by Crippen LogP contribution is -2.30. The highest BCUT2D eigenvalue weighted by molar-refractivity contribution is 6.33. The zero-order chi connectivity index (χ0) is 27.1. The third kappa shape index (κ3) is 4.42. The number of pyridine rings is 1. The van der Waals surface area contributed by atoms with Crippen LogP contribution in [0.1, 0.15) is 27.2 Å². The predicted octanol–water partition coefficient (Wildman–Crippen LogP) is 5.30. The van der Waals surface area contributed by atoms with Gasteiger partial charge in [0.15, 0.2) is 6.29 Å². The van der Waals surface area contributed by atoms with Crippen LogP contribution in [0.5, 0.6) is 0 Å². The number of hydrogen-bond donors (Lipinski definition) is 0. The minimum Gasteiger partial charge on any atom is -0.296 e. The van der Waals surface area contributed by atoms with Crippen molar-refractivity contribution in [3.05, 3.63) is 119 Å². The van der Waals surface area contributed by atoms with Gasteiger partial charge in [-0.3, -0.25) is 24.3 Å². The molecule has 6 rings (SSSR count). The predicted molar refractivity (Wildman–Crippen MR) is 144 cm³/mol. The first-order chi connectivity index (χ1) is 18.9. The number of imide groups is 1. The lowest BCUT2D eigenvalue weighted by molar-refractivity contribution is -0.137. The summed E-state index contributed by atoms with van der Waals surface area (Å²) < 4.78 is 15.1. The number of rotatable bonds is 6. The van der Waals surface area contributed by atoms with E-state index in [9.17, 15) is 18.8 Å². The van der Waals surface area contributed by atoms with E-state index in [0.29, 0.717) is 28.8 Å². The van der Waals surface area contributed by atoms with Crippen LogP contribution < -0.4 is 0 Å². The molecule has 0 unspecified atom stereocenters. The molecule has 1 aliphatic heterocycles. The number of carbonyl (C=O) groups excluding carboxylic acids is 3. The third-order valence-electron chi connectivity index (χ3n) is 6.79. The van der Waals surface area contributed by atoms with Crippen LogP contribution in [-0.2, 0) is 16.1 Å². The number of amides is 2. The topological polar surface area (TPSA) is 85.2 Å². The molecule has 0 aliphatic carbocycles. The van der Waals surface area contributed by atoms with E-state index in [-0.39, 0.29) is 24.2 Å². The van der Waals surface area contributed by atoms with Gasteiger partial charge in [0.2, 0.25) is 0 Å². The molecule has 0 saturated heterocycles. The SMILES string of the molecule is Cc1cc2c(cnn2-c2ccc(F)cc2)cc1C1=CC(=O)N(Cc2cccc(-c3ccnc(C=O)c3)c2)C1=O. The number of aromatic nitrogens is 3. The normalized spacial score (nSPS) is 13.3. The van der Waals surface area contributed by atoms with Crippen molar-refractivity contribution >= 4 is 34.6 Å². The highest BCUT2D eigenvalue weighted by Crippen LogP contribution is 2.32. The van der Waals surface area contributed by atoms with Gasteiger partial charge in [-0.15, -0.1) is 0 Å². The molecule has 8 heteroatoms. The molecule has 7 nitrogen and oxygen atoms in total. The van der Waals surface area contributed by atoms with Crippen LogP contribution in [0.15, 0.2) is 91.3 Å². The summed E-state index contributed by atoms with van der Waals surface area (Å²) >= 11 is 0. The maximum absolute atomic E-state index is 13.4. The quantitative estimate of drug-likeness (QED) is 0.226. The summed E-state index contributed by atoms with van der Waals surface area (Å²) in [6, 6.07) is 20.8. The number of carbonyl (C=O) groups is 3. The molecule has 5 aromatic rings. The summed E-state index contributed by atoms with van der Waals surface area (Å²) in [5.74, 6) is -1.08. The van der Waals surface area contributed by atoms with E-state index in [2.05, 4.69) is 10.1 Å². The first-order valence-electron chi connectivity index (χ1n) is 12.2. The average molecular weight is 517 g/mol. The summed E-state index contributed by atoms with van der Waals surface area (Å²) in [6.07, 6.45) is 5.32. The molecule has 0 fully saturated rings. The Bertz CT molecular complexity index is 1820. The maximum atomic E-state index is 13.4. The van der Waals surface area contributed by atoms with Gasteiger partial charge in [0, 0.05) is 17.7 Å². The van der Waals surface area contributed by atoms with E-state index in [4.69, 9.17) is 0 Å². The van der Waals surface area contributed by atoms with Crippen LogP contribution in [-0.4, -0.2) is 37.8 Å². The van der Waals surface area contributed by atoms with Crippen molar-refractivity contribution < 1.29 is 18.8 Å². The summed E-state index contributed by atoms with van der Waals surface area (Å²) in [6.45, 7) is 1.99. The van der Waals surface area contributed by atoms with Crippen LogP contribution >= 0.6 is 0 Å². The number of fused-ring (bicyclic) bond motifs is 1. The van der Waals surface area contributed by atoms with E-state index in [0.717, 1.165) is 33.2 Å². The number of nitrogens with zero attached hydrogens (tertiary/aromatic N) is 4. The standard InChI is InChI=1S/C31H21FN4O3/c1-19-11-29-23(16-34-36(29)26-7-5-24(32)6-8-26)14-27(19)28-15-30(38)35(31(28)39)17-20-3-2-4-21(12-20)22-9-10-33-25(13-22)18-37/h2-16,18H,17H2,1H3. The van der Waals surface area contributed by atoms with Crippen LogP contribution in [0.3, 0.4) is 0 Å². The van der Waals surface area contributed by atoms with Crippen LogP contribution in [0.25, 0.3) is 33.3 Å². The highest BCUT2D eigenvalue weighted by Gasteiger charge is 2.32. The Labute approximate surface area is 222 Å². The molecule has 2 amide bonds. The van der Waals surface area contributed by atoms with Gasteiger partial charge in [-0.2, -0.15) is 5.10 Å². The van der Waals surface area contributed by atoms with Crippen LogP contribution in [0.2, 0.25) is 0 Å². The number of aryl methyl sites for hydroxylation is 1. The maximum Gasteiger partial charge on any atom is 0.261 e. The van der Waals surface area contributed by atoms with E-state index in [1.807, 2.05) is 43.3 Å². The zero-order valence-corrected chi connectivity index (χ0v) is 20.8. The molecule has 1 aliphatic rings. The lowest BCUT2D eigenvalue weighted by Gasteiger charge is -2.16. The second kappa shape index (κ2) is 9.57. The van der Waals surface area contributed by atoms with Crippen LogP contribution in [0.4, 0.5) is 4.39 Å². The third-order valence-corrected chi connectivity index (χ3v) is 6.79. The van der Waals surface area contributed by atoms with Crippen molar-refractivity contribution in [2.45, 2.75) is 13.5 Å². The number of halogens is 1. The van der Waals surface area contributed by atoms with E-state index < -0.39 is 0 Å². The van der Waals surface area contributed by atoms with Gasteiger partial charge in [0.1, 0.15) is 11.5 Å². The Morgan fingerprint density at radius 1 is 0.949 bits per heavy atom. The summed E-state index contributed by atoms with van der Waals surface area (Å²) in [5, 5.41) is 5.23. The van der Waals surface area contributed by atoms with E-state index in [1.165, 1.54) is 23.1 Å². The van der Waals surface area contributed by atoms with Crippen molar-refractivity contribution in [1.82, 2.24) is 19.7 Å². The van der Waals surface area contributed by atoms with Crippen molar-refractivity contribution in [2.24, 2.45) is 0 Å². The van der Waals surface area contributed by atoms with Gasteiger partial charge in [0.25, 0.3) is 11.8 Å². The molecule has 2 aromatic heterocycles. The summed E-state index contributed by atoms with van der Waals surface area (Å²) in [5.41, 5.74) is 6.10. The number of hydrogen-bond acceptors (Lipinski definition) is 5. The Kier molecular flexibility index (Phi) is 5.92. The van der Waals surface area contributed by atoms with Crippen molar-refractivity contribution in [3.63, 3.8) is 0 Å². The molecule has 0 N–H and O–H groups in total. The molecule has 39 heavy (non-hydrogen) atoms. The Morgan fingerprint density at radius 3 is 2.54 bits per heavy atom. The summed E-state index contributed by atoms with van der Waals surface area (Å²) in [7, 11) is 0. The lowest BCUT2D eigenvalue weighted by atomic mass is 9.98. The second-order valence-corrected chi connectivity index (χ2v) is 9.33. The highest BCUT2D eigenvalue weighted by atomic mass is 19.1. The zero-order valence-electron chi connectivity index (χ0n) is 20.8. The van der Waals surface area contributed by atoms with Gasteiger partial charge in [0.05, 0.1) is 29.5 Å². The fraction of sp³-hybridized carbons (Fsp3) is 0.0645. The minimum atomic E-state index is -0.381. The molecule has 3 heterocycles. The number of benzene rings is 3. The number of aldehydes is 1. The van der Waals surface area contributed by atoms with Gasteiger partial charge in [-0.1, -0.05) is 18.2 Å². The van der Waals surface area contributed by atoms with E-state index in [1.54, 1.807) is 41.3 Å². The van der Waals surface area contributed by atoms with Crippen molar-refractivity contribution in [3.8, 4) is 16.8 Å². The molecule has 3 aromatic carbocycles. The van der Waals surface area contributed by atoms with Gasteiger partial charge in [-0.05, 0) is 89.3 Å². The molecule has 0 spiro atoms. The Morgan fingerprint density at radius 2 is 1.74 bits per heavy atom. The Balaban J connectivity index is 1.27. The molecular formula is C31H21FN4O3. The van der Waals surface area contributed by atoms with Crippen LogP contribution in [0, 0.1) is 12.7 Å². The van der Waals surface area contributed by atoms with E-state index >= 15 is 0 Å². The van der Waals surface area contributed by atoms with Crippen molar-refractivity contribution in [2.75, 3.05) is 0 Å². The minimum absolute atomic E-state index is 0.112. The molecule has 0 saturated carbocycles. The average Bonchev–Trinajstić information content (AvgIpc) is 3.48. The fourth-order valence-electron chi connectivity index (χ4n) is 4.83. The Hall–Kier alpha value is -5.24. The second-order valence-electron chi connectivity index (χ2n) is 9.33. The molecular weight excluding hydrogens is 495 g/mol. The molecule has 0 radical (unpaired) electrons. The van der Waals surface area contributed by atoms with Crippen molar-refractivity contribution in [1.29, 1.82) is 0 Å². The van der Waals surface area contributed by atoms with Gasteiger partial charge in [-0.25, -0.2) is 9.07 Å². The largest absolute Gasteiger partial charge is 0.296 e. The van der Waals surface area contributed by atoms with Gasteiger partial charge < -0.3 is 0 Å². The molecule has 0 atom stereocenters.